The van der Waals surface area contributed by atoms with Crippen molar-refractivity contribution in [3.8, 4) is 0 Å². The minimum atomic E-state index is -4.49. The largest absolute Gasteiger partial charge is 0.416 e. The Balaban J connectivity index is 1.98. The van der Waals surface area contributed by atoms with Gasteiger partial charge in [0.1, 0.15) is 0 Å². The van der Waals surface area contributed by atoms with Crippen molar-refractivity contribution < 1.29 is 22.8 Å². The molecule has 0 atom stereocenters. The van der Waals surface area contributed by atoms with E-state index >= 15 is 0 Å². The SMILES string of the molecule is O=C(NC(=O)c1ccc(C(F)(F)F)cc1)Nc1ccc(Cl)cc1. The Hall–Kier alpha value is -2.54. The van der Waals surface area contributed by atoms with Crippen molar-refractivity contribution in [1.82, 2.24) is 5.32 Å². The van der Waals surface area contributed by atoms with Gasteiger partial charge < -0.3 is 5.32 Å². The maximum Gasteiger partial charge on any atom is 0.416 e. The fourth-order valence-corrected chi connectivity index (χ4v) is 1.81. The molecular formula is C15H10ClF3N2O2. The molecule has 0 aliphatic carbocycles. The molecule has 0 bridgehead atoms. The van der Waals surface area contributed by atoms with E-state index in [-0.39, 0.29) is 5.56 Å². The van der Waals surface area contributed by atoms with E-state index in [1.165, 1.54) is 12.1 Å². The average molecular weight is 343 g/mol. The van der Waals surface area contributed by atoms with Crippen LogP contribution in [0.1, 0.15) is 15.9 Å². The van der Waals surface area contributed by atoms with Crippen LogP contribution in [0.3, 0.4) is 0 Å². The zero-order chi connectivity index (χ0) is 17.0. The van der Waals surface area contributed by atoms with Gasteiger partial charge in [0.25, 0.3) is 5.91 Å². The number of halogens is 4. The minimum Gasteiger partial charge on any atom is -0.308 e. The number of carbonyl (C=O) groups excluding carboxylic acids is 2. The monoisotopic (exact) mass is 342 g/mol. The minimum absolute atomic E-state index is 0.0655. The van der Waals surface area contributed by atoms with Crippen LogP contribution in [-0.4, -0.2) is 11.9 Å². The molecular weight excluding hydrogens is 333 g/mol. The topological polar surface area (TPSA) is 58.2 Å². The van der Waals surface area contributed by atoms with E-state index in [0.29, 0.717) is 10.7 Å². The third-order valence-corrected chi connectivity index (χ3v) is 3.06. The molecule has 2 aromatic carbocycles. The molecule has 4 nitrogen and oxygen atoms in total. The van der Waals surface area contributed by atoms with E-state index < -0.39 is 23.7 Å². The lowest BCUT2D eigenvalue weighted by atomic mass is 10.1. The Labute approximate surface area is 134 Å². The number of nitrogens with one attached hydrogen (secondary N) is 2. The van der Waals surface area contributed by atoms with Crippen molar-refractivity contribution in [2.45, 2.75) is 6.18 Å². The second kappa shape index (κ2) is 6.70. The molecule has 0 radical (unpaired) electrons. The van der Waals surface area contributed by atoms with Crippen LogP contribution in [0.4, 0.5) is 23.7 Å². The van der Waals surface area contributed by atoms with Crippen molar-refractivity contribution in [1.29, 1.82) is 0 Å². The van der Waals surface area contributed by atoms with E-state index in [1.54, 1.807) is 12.1 Å². The van der Waals surface area contributed by atoms with Gasteiger partial charge >= 0.3 is 12.2 Å². The van der Waals surface area contributed by atoms with Gasteiger partial charge in [-0.2, -0.15) is 13.2 Å². The molecule has 0 spiro atoms. The van der Waals surface area contributed by atoms with Gasteiger partial charge in [0.15, 0.2) is 0 Å². The third-order valence-electron chi connectivity index (χ3n) is 2.80. The Bertz CT molecular complexity index is 713. The van der Waals surface area contributed by atoms with Crippen molar-refractivity contribution in [3.05, 3.63) is 64.7 Å². The van der Waals surface area contributed by atoms with Crippen LogP contribution >= 0.6 is 11.6 Å². The van der Waals surface area contributed by atoms with Crippen molar-refractivity contribution in [2.24, 2.45) is 0 Å². The number of urea groups is 1. The molecule has 0 aromatic heterocycles. The maximum absolute atomic E-state index is 12.4. The Morgan fingerprint density at radius 1 is 0.913 bits per heavy atom. The summed E-state index contributed by atoms with van der Waals surface area (Å²) in [5, 5.41) is 4.89. The standard InChI is InChI=1S/C15H10ClF3N2O2/c16-11-5-7-12(8-6-11)20-14(23)21-13(22)9-1-3-10(4-2-9)15(17,18)19/h1-8H,(H2,20,21,22,23). The molecule has 0 saturated carbocycles. The first-order chi connectivity index (χ1) is 10.8. The summed E-state index contributed by atoms with van der Waals surface area (Å²) < 4.78 is 37.3. The first kappa shape index (κ1) is 16.8. The lowest BCUT2D eigenvalue weighted by molar-refractivity contribution is -0.137. The highest BCUT2D eigenvalue weighted by Gasteiger charge is 2.30. The summed E-state index contributed by atoms with van der Waals surface area (Å²) in [7, 11) is 0. The number of imide groups is 1. The molecule has 2 aromatic rings. The number of amides is 3. The summed E-state index contributed by atoms with van der Waals surface area (Å²) in [5.74, 6) is -0.815. The van der Waals surface area contributed by atoms with Crippen LogP contribution in [0.15, 0.2) is 48.5 Å². The van der Waals surface area contributed by atoms with Gasteiger partial charge in [0.05, 0.1) is 5.56 Å². The van der Waals surface area contributed by atoms with Crippen molar-refractivity contribution in [3.63, 3.8) is 0 Å². The van der Waals surface area contributed by atoms with Gasteiger partial charge in [-0.1, -0.05) is 11.6 Å². The third kappa shape index (κ3) is 4.72. The molecule has 3 amide bonds. The second-order valence-electron chi connectivity index (χ2n) is 4.49. The maximum atomic E-state index is 12.4. The lowest BCUT2D eigenvalue weighted by Gasteiger charge is -2.09. The van der Waals surface area contributed by atoms with Gasteiger partial charge in [-0.15, -0.1) is 0 Å². The van der Waals surface area contributed by atoms with E-state index in [1.807, 2.05) is 5.32 Å². The first-order valence-corrected chi connectivity index (χ1v) is 6.68. The summed E-state index contributed by atoms with van der Waals surface area (Å²) in [6, 6.07) is 8.88. The first-order valence-electron chi connectivity index (χ1n) is 6.31. The Morgan fingerprint density at radius 2 is 1.48 bits per heavy atom. The van der Waals surface area contributed by atoms with Crippen LogP contribution in [0.2, 0.25) is 5.02 Å². The zero-order valence-corrected chi connectivity index (χ0v) is 12.2. The number of benzene rings is 2. The molecule has 0 fully saturated rings. The fraction of sp³-hybridized carbons (Fsp3) is 0.0667. The Morgan fingerprint density at radius 3 is 2.00 bits per heavy atom. The molecule has 0 aliphatic heterocycles. The number of rotatable bonds is 2. The summed E-state index contributed by atoms with van der Waals surface area (Å²) in [5.41, 5.74) is -0.531. The van der Waals surface area contributed by atoms with Crippen molar-refractivity contribution >= 4 is 29.2 Å². The fourth-order valence-electron chi connectivity index (χ4n) is 1.68. The molecule has 2 rings (SSSR count). The molecule has 120 valence electrons. The molecule has 0 unspecified atom stereocenters. The van der Waals surface area contributed by atoms with Crippen LogP contribution in [-0.2, 0) is 6.18 Å². The van der Waals surface area contributed by atoms with Gasteiger partial charge in [0, 0.05) is 16.3 Å². The number of alkyl halides is 3. The molecule has 0 heterocycles. The smallest absolute Gasteiger partial charge is 0.308 e. The van der Waals surface area contributed by atoms with E-state index in [4.69, 9.17) is 11.6 Å². The van der Waals surface area contributed by atoms with Gasteiger partial charge in [-0.25, -0.2) is 4.79 Å². The molecule has 8 heteroatoms. The predicted molar refractivity (Wildman–Crippen MR) is 79.4 cm³/mol. The van der Waals surface area contributed by atoms with Crippen molar-refractivity contribution in [2.75, 3.05) is 5.32 Å². The highest BCUT2D eigenvalue weighted by Crippen LogP contribution is 2.29. The molecule has 0 aliphatic rings. The van der Waals surface area contributed by atoms with Gasteiger partial charge in [-0.3, -0.25) is 10.1 Å². The predicted octanol–water partition coefficient (Wildman–Crippen LogP) is 4.32. The van der Waals surface area contributed by atoms with Crippen LogP contribution in [0.5, 0.6) is 0 Å². The van der Waals surface area contributed by atoms with Gasteiger partial charge in [-0.05, 0) is 48.5 Å². The Kier molecular flexibility index (Phi) is 4.90. The highest BCUT2D eigenvalue weighted by atomic mass is 35.5. The summed E-state index contributed by atoms with van der Waals surface area (Å²) in [6.45, 7) is 0. The lowest BCUT2D eigenvalue weighted by Crippen LogP contribution is -2.34. The average Bonchev–Trinajstić information content (AvgIpc) is 2.49. The molecule has 0 saturated heterocycles. The van der Waals surface area contributed by atoms with E-state index in [2.05, 4.69) is 5.32 Å². The van der Waals surface area contributed by atoms with Crippen LogP contribution in [0.25, 0.3) is 0 Å². The second-order valence-corrected chi connectivity index (χ2v) is 4.93. The number of carbonyl (C=O) groups is 2. The number of hydrogen-bond donors (Lipinski definition) is 2. The van der Waals surface area contributed by atoms with Crippen LogP contribution < -0.4 is 10.6 Å². The number of hydrogen-bond acceptors (Lipinski definition) is 2. The normalized spacial score (nSPS) is 11.0. The zero-order valence-electron chi connectivity index (χ0n) is 11.4. The summed E-state index contributed by atoms with van der Waals surface area (Å²) >= 11 is 5.69. The highest BCUT2D eigenvalue weighted by molar-refractivity contribution is 6.30. The van der Waals surface area contributed by atoms with E-state index in [0.717, 1.165) is 24.3 Å². The summed E-state index contributed by atoms with van der Waals surface area (Å²) in [4.78, 5) is 23.4. The van der Waals surface area contributed by atoms with E-state index in [9.17, 15) is 22.8 Å². The van der Waals surface area contributed by atoms with Crippen LogP contribution in [0, 0.1) is 0 Å². The molecule has 2 N–H and O–H groups in total. The summed E-state index contributed by atoms with van der Waals surface area (Å²) in [6.07, 6.45) is -4.49. The quantitative estimate of drug-likeness (QED) is 0.854. The molecule has 23 heavy (non-hydrogen) atoms. The van der Waals surface area contributed by atoms with Gasteiger partial charge in [0.2, 0.25) is 0 Å². The number of anilines is 1.